The molecule has 2 heterocycles. The smallest absolute Gasteiger partial charge is 0.0779 e. The molecule has 158 valence electrons. The lowest BCUT2D eigenvalue weighted by Crippen LogP contribution is -2.44. The predicted molar refractivity (Wildman–Crippen MR) is 134 cm³/mol. The first-order valence-electron chi connectivity index (χ1n) is 11.2. The highest BCUT2D eigenvalue weighted by Crippen LogP contribution is 2.54. The molecule has 28 heavy (non-hydrogen) atoms. The zero-order chi connectivity index (χ0) is 20.5. The van der Waals surface area contributed by atoms with Crippen LogP contribution in [0.1, 0.15) is 63.1 Å². The first-order chi connectivity index (χ1) is 13.1. The van der Waals surface area contributed by atoms with Gasteiger partial charge in [0.15, 0.2) is 0 Å². The van der Waals surface area contributed by atoms with E-state index in [2.05, 4.69) is 72.4 Å². The van der Waals surface area contributed by atoms with Crippen LogP contribution in [0.25, 0.3) is 0 Å². The summed E-state index contributed by atoms with van der Waals surface area (Å²) >= 11 is 0. The van der Waals surface area contributed by atoms with Gasteiger partial charge in [0.25, 0.3) is 0 Å². The molecule has 1 aromatic rings. The van der Waals surface area contributed by atoms with Crippen LogP contribution >= 0.6 is 17.2 Å². The van der Waals surface area contributed by atoms with Crippen LogP contribution in [0, 0.1) is 0 Å². The van der Waals surface area contributed by atoms with E-state index < -0.39 is 8.07 Å². The molecule has 2 fully saturated rings. The number of rotatable bonds is 6. The van der Waals surface area contributed by atoms with Gasteiger partial charge in [-0.05, 0) is 73.2 Å². The van der Waals surface area contributed by atoms with Gasteiger partial charge < -0.3 is 10.6 Å². The highest BCUT2D eigenvalue weighted by Gasteiger charge is 2.36. The molecule has 0 saturated carbocycles. The van der Waals surface area contributed by atoms with E-state index in [0.29, 0.717) is 0 Å². The number of hydrogen-bond acceptors (Lipinski definition) is 2. The van der Waals surface area contributed by atoms with Gasteiger partial charge in [-0.3, -0.25) is 0 Å². The van der Waals surface area contributed by atoms with Gasteiger partial charge in [-0.25, -0.2) is 0 Å². The van der Waals surface area contributed by atoms with Crippen molar-refractivity contribution in [2.24, 2.45) is 0 Å². The summed E-state index contributed by atoms with van der Waals surface area (Å²) in [4.78, 5) is 0. The van der Waals surface area contributed by atoms with Gasteiger partial charge in [-0.1, -0.05) is 65.7 Å². The summed E-state index contributed by atoms with van der Waals surface area (Å²) in [6.45, 7) is 17.3. The second-order valence-electron chi connectivity index (χ2n) is 10.7. The van der Waals surface area contributed by atoms with E-state index in [1.165, 1.54) is 44.9 Å². The van der Waals surface area contributed by atoms with Crippen LogP contribution in [0.15, 0.2) is 12.1 Å². The fraction of sp³-hybridized carbons (Fsp3) is 0.739. The summed E-state index contributed by atoms with van der Waals surface area (Å²) in [5.41, 5.74) is 5.17. The summed E-state index contributed by atoms with van der Waals surface area (Å²) in [5, 5.41) is 9.46. The number of benzene rings is 1. The van der Waals surface area contributed by atoms with E-state index in [-0.39, 0.29) is 13.3 Å². The molecule has 3 rings (SSSR count). The Morgan fingerprint density at radius 2 is 1.61 bits per heavy atom. The van der Waals surface area contributed by atoms with Crippen LogP contribution in [-0.2, 0) is 17.7 Å². The van der Waals surface area contributed by atoms with Crippen molar-refractivity contribution in [1.29, 1.82) is 0 Å². The Morgan fingerprint density at radius 1 is 1.04 bits per heavy atom. The van der Waals surface area contributed by atoms with E-state index in [1.807, 2.05) is 0 Å². The average Bonchev–Trinajstić information content (AvgIpc) is 3.31. The molecule has 2 N–H and O–H groups in total. The van der Waals surface area contributed by atoms with Gasteiger partial charge in [-0.15, -0.1) is 9.24 Å². The van der Waals surface area contributed by atoms with Crippen molar-refractivity contribution < 1.29 is 0 Å². The molecule has 3 unspecified atom stereocenters. The standard InChI is InChI=1S/C23H42N2P2Si/c1-23(2,3)22-18(17(15-26)11-12-19(22)28(4,5)6)16-27(20-9-7-13-24-20)21-10-8-14-25-21/h11-12,20-21,24-25H,7-10,13-16,26H2,1-6H3. The Bertz CT molecular complexity index is 650. The minimum absolute atomic E-state index is 0.0888. The van der Waals surface area contributed by atoms with Crippen molar-refractivity contribution in [3.8, 4) is 0 Å². The van der Waals surface area contributed by atoms with E-state index in [0.717, 1.165) is 17.7 Å². The van der Waals surface area contributed by atoms with Crippen LogP contribution in [0.3, 0.4) is 0 Å². The third kappa shape index (κ3) is 5.09. The van der Waals surface area contributed by atoms with E-state index >= 15 is 0 Å². The van der Waals surface area contributed by atoms with Gasteiger partial charge in [0.2, 0.25) is 0 Å². The maximum Gasteiger partial charge on any atom is 0.0779 e. The lowest BCUT2D eigenvalue weighted by atomic mass is 9.82. The summed E-state index contributed by atoms with van der Waals surface area (Å²) in [6, 6.07) is 4.95. The summed E-state index contributed by atoms with van der Waals surface area (Å²) in [7, 11) is 1.52. The molecule has 0 spiro atoms. The zero-order valence-electron chi connectivity index (χ0n) is 19.0. The fourth-order valence-electron chi connectivity index (χ4n) is 5.06. The molecule has 0 aliphatic carbocycles. The minimum Gasteiger partial charge on any atom is -0.310 e. The molecule has 0 bridgehead atoms. The first-order valence-corrected chi connectivity index (χ1v) is 17.2. The molecular formula is C23H42N2P2Si. The highest BCUT2D eigenvalue weighted by molar-refractivity contribution is 7.58. The number of nitrogens with one attached hydrogen (secondary N) is 2. The van der Waals surface area contributed by atoms with Gasteiger partial charge >= 0.3 is 0 Å². The van der Waals surface area contributed by atoms with Gasteiger partial charge in [-0.2, -0.15) is 0 Å². The largest absolute Gasteiger partial charge is 0.310 e. The lowest BCUT2D eigenvalue weighted by Gasteiger charge is -2.36. The molecule has 3 atom stereocenters. The molecule has 5 heteroatoms. The summed E-state index contributed by atoms with van der Waals surface area (Å²) < 4.78 is 0. The van der Waals surface area contributed by atoms with Gasteiger partial charge in [0.1, 0.15) is 0 Å². The molecule has 0 aromatic heterocycles. The van der Waals surface area contributed by atoms with Crippen molar-refractivity contribution in [1.82, 2.24) is 10.6 Å². The molecule has 0 amide bonds. The maximum absolute atomic E-state index is 3.89. The van der Waals surface area contributed by atoms with E-state index in [1.54, 1.807) is 21.9 Å². The summed E-state index contributed by atoms with van der Waals surface area (Å²) in [5.74, 6) is 1.48. The third-order valence-electron chi connectivity index (χ3n) is 6.40. The van der Waals surface area contributed by atoms with Gasteiger partial charge in [0.05, 0.1) is 8.07 Å². The topological polar surface area (TPSA) is 24.1 Å². The monoisotopic (exact) mass is 436 g/mol. The fourth-order valence-corrected chi connectivity index (χ4v) is 10.7. The quantitative estimate of drug-likeness (QED) is 0.467. The predicted octanol–water partition coefficient (Wildman–Crippen LogP) is 5.31. The molecule has 2 saturated heterocycles. The Morgan fingerprint density at radius 3 is 2.00 bits per heavy atom. The summed E-state index contributed by atoms with van der Waals surface area (Å²) in [6.07, 6.45) is 7.82. The van der Waals surface area contributed by atoms with Crippen LogP contribution in [0.4, 0.5) is 0 Å². The van der Waals surface area contributed by atoms with Gasteiger partial charge in [0, 0.05) is 11.6 Å². The van der Waals surface area contributed by atoms with Crippen molar-refractivity contribution in [3.63, 3.8) is 0 Å². The number of hydrogen-bond donors (Lipinski definition) is 2. The minimum atomic E-state index is -1.40. The zero-order valence-corrected chi connectivity index (χ0v) is 22.0. The van der Waals surface area contributed by atoms with Crippen LogP contribution < -0.4 is 15.8 Å². The van der Waals surface area contributed by atoms with Crippen molar-refractivity contribution in [2.45, 2.75) is 95.4 Å². The Hall–Kier alpha value is 0.217. The Labute approximate surface area is 178 Å². The molecular weight excluding hydrogens is 394 g/mol. The lowest BCUT2D eigenvalue weighted by molar-refractivity contribution is 0.587. The Kier molecular flexibility index (Phi) is 7.48. The molecule has 2 nitrogen and oxygen atoms in total. The van der Waals surface area contributed by atoms with E-state index in [4.69, 9.17) is 0 Å². The second kappa shape index (κ2) is 9.15. The van der Waals surface area contributed by atoms with Crippen molar-refractivity contribution in [3.05, 3.63) is 28.8 Å². The molecule has 1 aromatic carbocycles. The van der Waals surface area contributed by atoms with Crippen molar-refractivity contribution >= 4 is 30.4 Å². The average molecular weight is 437 g/mol. The molecule has 0 radical (unpaired) electrons. The molecule has 2 aliphatic rings. The SMILES string of the molecule is CC(C)(C)c1c([Si](C)(C)C)ccc(CP)c1CP(C1CCCN1)C1CCCN1. The third-order valence-corrected chi connectivity index (χ3v) is 12.0. The Balaban J connectivity index is 2.09. The first kappa shape index (κ1) is 22.9. The van der Waals surface area contributed by atoms with Crippen LogP contribution in [0.2, 0.25) is 19.6 Å². The van der Waals surface area contributed by atoms with Crippen molar-refractivity contribution in [2.75, 3.05) is 13.1 Å². The maximum atomic E-state index is 3.89. The highest BCUT2D eigenvalue weighted by atomic mass is 31.1. The normalized spacial score (nSPS) is 24.7. The second-order valence-corrected chi connectivity index (χ2v) is 18.8. The van der Waals surface area contributed by atoms with Crippen LogP contribution in [0.5, 0.6) is 0 Å². The van der Waals surface area contributed by atoms with Crippen LogP contribution in [-0.4, -0.2) is 32.7 Å². The van der Waals surface area contributed by atoms with E-state index in [9.17, 15) is 0 Å². The molecule has 2 aliphatic heterocycles.